The molecule has 0 radical (unpaired) electrons. The minimum atomic E-state index is -4.57. The van der Waals surface area contributed by atoms with Crippen LogP contribution in [-0.2, 0) is 17.3 Å². The number of imidazole rings is 1. The predicted octanol–water partition coefficient (Wildman–Crippen LogP) is 1.90. The van der Waals surface area contributed by atoms with Crippen LogP contribution in [0.15, 0.2) is 6.20 Å². The molecule has 2 N–H and O–H groups in total. The molecule has 0 bridgehead atoms. The second kappa shape index (κ2) is 6.75. The summed E-state index contributed by atoms with van der Waals surface area (Å²) < 4.78 is 45.9. The number of aliphatic hydroxyl groups excluding tert-OH is 1. The van der Waals surface area contributed by atoms with Gasteiger partial charge in [-0.3, -0.25) is 0 Å². The molecule has 7 nitrogen and oxygen atoms in total. The van der Waals surface area contributed by atoms with Gasteiger partial charge in [0.15, 0.2) is 5.69 Å². The second-order valence-electron chi connectivity index (χ2n) is 6.53. The number of nitrogens with one attached hydrogen (secondary N) is 1. The summed E-state index contributed by atoms with van der Waals surface area (Å²) >= 11 is 0. The number of hydrogen-bond acceptors (Lipinski definition) is 6. The van der Waals surface area contributed by atoms with E-state index in [9.17, 15) is 18.3 Å². The van der Waals surface area contributed by atoms with Crippen molar-refractivity contribution in [1.82, 2.24) is 19.6 Å². The molecule has 2 aromatic heterocycles. The molecular formula is C15H20F3N5O2. The average molecular weight is 359 g/mol. The Morgan fingerprint density at radius 1 is 1.44 bits per heavy atom. The summed E-state index contributed by atoms with van der Waals surface area (Å²) in [4.78, 5) is 7.71. The first-order chi connectivity index (χ1) is 11.8. The van der Waals surface area contributed by atoms with Crippen molar-refractivity contribution in [2.24, 2.45) is 5.92 Å². The number of aromatic nitrogens is 4. The third-order valence-electron chi connectivity index (χ3n) is 3.96. The monoisotopic (exact) mass is 359 g/mol. The Morgan fingerprint density at radius 3 is 2.84 bits per heavy atom. The Labute approximate surface area is 142 Å². The van der Waals surface area contributed by atoms with Crippen LogP contribution in [-0.4, -0.2) is 50.0 Å². The van der Waals surface area contributed by atoms with Gasteiger partial charge in [0.2, 0.25) is 5.95 Å². The molecule has 3 heterocycles. The summed E-state index contributed by atoms with van der Waals surface area (Å²) in [5, 5.41) is 17.1. The minimum absolute atomic E-state index is 0.121. The Balaban J connectivity index is 1.97. The molecule has 138 valence electrons. The van der Waals surface area contributed by atoms with E-state index in [2.05, 4.69) is 20.4 Å². The van der Waals surface area contributed by atoms with Crippen LogP contribution in [0.2, 0.25) is 0 Å². The van der Waals surface area contributed by atoms with Gasteiger partial charge >= 0.3 is 6.18 Å². The second-order valence-corrected chi connectivity index (χ2v) is 6.53. The number of halogens is 3. The fourth-order valence-electron chi connectivity index (χ4n) is 2.77. The number of ether oxygens (including phenoxy) is 1. The zero-order chi connectivity index (χ0) is 18.2. The molecule has 2 aromatic rings. The normalized spacial score (nSPS) is 21.9. The Morgan fingerprint density at radius 2 is 2.20 bits per heavy atom. The van der Waals surface area contributed by atoms with E-state index in [0.29, 0.717) is 19.4 Å². The maximum absolute atomic E-state index is 13.2. The fraction of sp³-hybridized carbons (Fsp3) is 0.667. The lowest BCUT2D eigenvalue weighted by Crippen LogP contribution is -2.42. The van der Waals surface area contributed by atoms with Gasteiger partial charge in [-0.1, -0.05) is 13.8 Å². The number of rotatable bonds is 4. The van der Waals surface area contributed by atoms with Gasteiger partial charge in [-0.2, -0.15) is 13.2 Å². The molecule has 10 heteroatoms. The molecule has 1 saturated heterocycles. The van der Waals surface area contributed by atoms with Crippen LogP contribution in [0.5, 0.6) is 0 Å². The van der Waals surface area contributed by atoms with Gasteiger partial charge in [-0.15, -0.1) is 5.10 Å². The quantitative estimate of drug-likeness (QED) is 0.867. The largest absolute Gasteiger partial charge is 0.435 e. The van der Waals surface area contributed by atoms with Crippen LogP contribution in [0.3, 0.4) is 0 Å². The molecule has 1 aliphatic heterocycles. The molecule has 0 saturated carbocycles. The zero-order valence-electron chi connectivity index (χ0n) is 13.9. The van der Waals surface area contributed by atoms with Crippen molar-refractivity contribution < 1.29 is 23.0 Å². The van der Waals surface area contributed by atoms with Gasteiger partial charge in [0.1, 0.15) is 11.3 Å². The van der Waals surface area contributed by atoms with Gasteiger partial charge in [0.25, 0.3) is 0 Å². The van der Waals surface area contributed by atoms with Gasteiger partial charge in [-0.05, 0) is 12.3 Å². The van der Waals surface area contributed by atoms with E-state index in [0.717, 1.165) is 6.20 Å². The smallest absolute Gasteiger partial charge is 0.389 e. The molecule has 0 amide bonds. The van der Waals surface area contributed by atoms with Crippen molar-refractivity contribution in [3.05, 3.63) is 17.7 Å². The van der Waals surface area contributed by atoms with Gasteiger partial charge in [-0.25, -0.2) is 14.5 Å². The molecule has 0 spiro atoms. The third-order valence-corrected chi connectivity index (χ3v) is 3.96. The number of fused-ring (bicyclic) bond motifs is 1. The van der Waals surface area contributed by atoms with Crippen molar-refractivity contribution in [1.29, 1.82) is 0 Å². The average Bonchev–Trinajstić information content (AvgIpc) is 2.87. The number of nitrogens with zero attached hydrogens (tertiary/aromatic N) is 4. The molecule has 2 unspecified atom stereocenters. The van der Waals surface area contributed by atoms with Crippen LogP contribution >= 0.6 is 0 Å². The predicted molar refractivity (Wildman–Crippen MR) is 83.2 cm³/mol. The topological polar surface area (TPSA) is 84.6 Å². The first-order valence-electron chi connectivity index (χ1n) is 8.10. The van der Waals surface area contributed by atoms with Crippen LogP contribution in [0.4, 0.5) is 19.1 Å². The number of aliphatic hydroxyl groups is 1. The van der Waals surface area contributed by atoms with Crippen molar-refractivity contribution in [3.8, 4) is 0 Å². The SMILES string of the molecule is CC(C)Cc1nc(C(F)(F)F)c2cnc(NC3CCOCC3O)nn12. The summed E-state index contributed by atoms with van der Waals surface area (Å²) in [5.74, 6) is 0.500. The van der Waals surface area contributed by atoms with Crippen molar-refractivity contribution in [2.75, 3.05) is 18.5 Å². The standard InChI is InChI=1S/C15H20F3N5O2/c1-8(2)5-12-21-13(15(16,17)18)10-6-19-14(22-23(10)12)20-9-3-4-25-7-11(9)24/h6,8-9,11,24H,3-5,7H2,1-2H3,(H,20,22). The summed E-state index contributed by atoms with van der Waals surface area (Å²) in [6.07, 6.45) is -3.28. The van der Waals surface area contributed by atoms with E-state index in [1.807, 2.05) is 13.8 Å². The lowest BCUT2D eigenvalue weighted by molar-refractivity contribution is -0.139. The summed E-state index contributed by atoms with van der Waals surface area (Å²) in [7, 11) is 0. The van der Waals surface area contributed by atoms with E-state index in [4.69, 9.17) is 4.74 Å². The fourth-order valence-corrected chi connectivity index (χ4v) is 2.77. The van der Waals surface area contributed by atoms with Gasteiger partial charge < -0.3 is 15.2 Å². The van der Waals surface area contributed by atoms with Crippen molar-refractivity contribution in [2.45, 2.75) is 45.0 Å². The molecule has 25 heavy (non-hydrogen) atoms. The minimum Gasteiger partial charge on any atom is -0.389 e. The van der Waals surface area contributed by atoms with Crippen LogP contribution in [0, 0.1) is 5.92 Å². The highest BCUT2D eigenvalue weighted by Crippen LogP contribution is 2.32. The summed E-state index contributed by atoms with van der Waals surface area (Å²) in [5.41, 5.74) is -1.16. The Kier molecular flexibility index (Phi) is 4.83. The van der Waals surface area contributed by atoms with Crippen molar-refractivity contribution in [3.63, 3.8) is 0 Å². The summed E-state index contributed by atoms with van der Waals surface area (Å²) in [6, 6.07) is -0.314. The van der Waals surface area contributed by atoms with E-state index >= 15 is 0 Å². The van der Waals surface area contributed by atoms with E-state index in [-0.39, 0.29) is 35.9 Å². The highest BCUT2D eigenvalue weighted by atomic mass is 19.4. The number of alkyl halides is 3. The lowest BCUT2D eigenvalue weighted by Gasteiger charge is -2.28. The van der Waals surface area contributed by atoms with E-state index in [1.165, 1.54) is 4.52 Å². The highest BCUT2D eigenvalue weighted by Gasteiger charge is 2.37. The molecule has 0 aliphatic carbocycles. The number of anilines is 1. The molecule has 1 aliphatic rings. The maximum atomic E-state index is 13.2. The molecule has 2 atom stereocenters. The van der Waals surface area contributed by atoms with E-state index < -0.39 is 18.0 Å². The molecule has 1 fully saturated rings. The zero-order valence-corrected chi connectivity index (χ0v) is 13.9. The van der Waals surface area contributed by atoms with Crippen LogP contribution in [0.1, 0.15) is 31.8 Å². The lowest BCUT2D eigenvalue weighted by atomic mass is 10.1. The van der Waals surface area contributed by atoms with E-state index in [1.54, 1.807) is 0 Å². The Bertz CT molecular complexity index is 747. The molecular weight excluding hydrogens is 339 g/mol. The maximum Gasteiger partial charge on any atom is 0.435 e. The van der Waals surface area contributed by atoms with Gasteiger partial charge in [0.05, 0.1) is 24.9 Å². The molecule has 0 aromatic carbocycles. The number of hydrogen-bond donors (Lipinski definition) is 2. The van der Waals surface area contributed by atoms with Crippen molar-refractivity contribution >= 4 is 11.5 Å². The van der Waals surface area contributed by atoms with Gasteiger partial charge in [0, 0.05) is 13.0 Å². The highest BCUT2D eigenvalue weighted by molar-refractivity contribution is 5.53. The first kappa shape index (κ1) is 17.9. The third kappa shape index (κ3) is 3.84. The first-order valence-corrected chi connectivity index (χ1v) is 8.10. The van der Waals surface area contributed by atoms with Crippen LogP contribution in [0.25, 0.3) is 5.52 Å². The Hall–Kier alpha value is -1.94. The molecule has 3 rings (SSSR count). The summed E-state index contributed by atoms with van der Waals surface area (Å²) in [6.45, 7) is 4.47. The van der Waals surface area contributed by atoms with Crippen LogP contribution < -0.4 is 5.32 Å².